The number of imide groups is 1. The zero-order valence-corrected chi connectivity index (χ0v) is 17.2. The third-order valence-corrected chi connectivity index (χ3v) is 5.75. The monoisotopic (exact) mass is 434 g/mol. The van der Waals surface area contributed by atoms with Gasteiger partial charge in [-0.15, -0.1) is 11.3 Å². The van der Waals surface area contributed by atoms with E-state index in [1.807, 2.05) is 0 Å². The van der Waals surface area contributed by atoms with Crippen LogP contribution in [0.3, 0.4) is 0 Å². The number of hydrogen-bond donors (Lipinski definition) is 3. The Labute approximate surface area is 181 Å². The molecule has 9 heteroatoms. The average Bonchev–Trinajstić information content (AvgIpc) is 3.39. The second-order valence-corrected chi connectivity index (χ2v) is 7.96. The van der Waals surface area contributed by atoms with Crippen molar-refractivity contribution in [3.05, 3.63) is 88.1 Å². The summed E-state index contributed by atoms with van der Waals surface area (Å²) < 4.78 is 0. The van der Waals surface area contributed by atoms with Crippen LogP contribution in [0.4, 0.5) is 10.5 Å². The van der Waals surface area contributed by atoms with Crippen LogP contribution < -0.4 is 16.1 Å². The maximum atomic E-state index is 12.9. The van der Waals surface area contributed by atoms with Gasteiger partial charge in [0, 0.05) is 11.3 Å². The van der Waals surface area contributed by atoms with E-state index >= 15 is 0 Å². The molecule has 1 unspecified atom stereocenters. The smallest absolute Gasteiger partial charge is 0.321 e. The summed E-state index contributed by atoms with van der Waals surface area (Å²) in [4.78, 5) is 50.8. The van der Waals surface area contributed by atoms with Crippen LogP contribution >= 0.6 is 11.3 Å². The van der Waals surface area contributed by atoms with Crippen LogP contribution in [-0.2, 0) is 10.3 Å². The lowest BCUT2D eigenvalue weighted by Crippen LogP contribution is -2.47. The molecule has 2 aromatic carbocycles. The molecule has 1 aliphatic rings. The molecule has 1 atom stereocenters. The van der Waals surface area contributed by atoms with Crippen molar-refractivity contribution < 1.29 is 19.2 Å². The summed E-state index contributed by atoms with van der Waals surface area (Å²) >= 11 is 1.30. The van der Waals surface area contributed by atoms with Crippen LogP contribution in [0.25, 0.3) is 0 Å². The van der Waals surface area contributed by atoms with Gasteiger partial charge in [-0.05, 0) is 42.1 Å². The molecule has 156 valence electrons. The molecule has 31 heavy (non-hydrogen) atoms. The molecule has 5 amide bonds. The summed E-state index contributed by atoms with van der Waals surface area (Å²) in [7, 11) is 0. The number of nitrogens with one attached hydrogen (secondary N) is 3. The summed E-state index contributed by atoms with van der Waals surface area (Å²) in [5.41, 5.74) is 2.25. The molecular formula is C22H18N4O4S. The summed E-state index contributed by atoms with van der Waals surface area (Å²) in [5.74, 6) is -1.55. The molecule has 0 bridgehead atoms. The predicted molar refractivity (Wildman–Crippen MR) is 115 cm³/mol. The van der Waals surface area contributed by atoms with Gasteiger partial charge in [-0.2, -0.15) is 5.01 Å². The lowest BCUT2D eigenvalue weighted by atomic mass is 9.92. The topological polar surface area (TPSA) is 108 Å². The van der Waals surface area contributed by atoms with Crippen molar-refractivity contribution in [2.24, 2.45) is 0 Å². The molecule has 3 N–H and O–H groups in total. The number of rotatable bonds is 5. The van der Waals surface area contributed by atoms with Crippen molar-refractivity contribution in [2.75, 3.05) is 5.32 Å². The van der Waals surface area contributed by atoms with Crippen LogP contribution in [0.5, 0.6) is 0 Å². The highest BCUT2D eigenvalue weighted by Crippen LogP contribution is 2.27. The second-order valence-electron chi connectivity index (χ2n) is 7.01. The van der Waals surface area contributed by atoms with Gasteiger partial charge in [-0.1, -0.05) is 42.5 Å². The van der Waals surface area contributed by atoms with E-state index in [1.165, 1.54) is 23.5 Å². The summed E-state index contributed by atoms with van der Waals surface area (Å²) in [6, 6.07) is 17.7. The number of nitrogens with zero attached hydrogens (tertiary/aromatic N) is 1. The van der Waals surface area contributed by atoms with Gasteiger partial charge >= 0.3 is 6.03 Å². The molecule has 8 nitrogen and oxygen atoms in total. The van der Waals surface area contributed by atoms with Gasteiger partial charge in [-0.3, -0.25) is 19.8 Å². The first-order chi connectivity index (χ1) is 14.9. The number of hydrogen-bond acceptors (Lipinski definition) is 5. The number of benzene rings is 2. The maximum absolute atomic E-state index is 12.9. The number of hydrazine groups is 1. The highest BCUT2D eigenvalue weighted by molar-refractivity contribution is 7.12. The molecule has 1 aromatic heterocycles. The highest BCUT2D eigenvalue weighted by atomic mass is 32.1. The summed E-state index contributed by atoms with van der Waals surface area (Å²) in [5, 5.41) is 7.80. The standard InChI is InChI=1S/C22H18N4O4S/c1-22(15-8-3-2-4-9-15)20(29)26(21(30)24-22)25-18(27)14-7-5-10-16(13-14)23-19(28)17-11-6-12-31-17/h2-13H,1H3,(H,23,28)(H,24,30)(H,25,27). The van der Waals surface area contributed by atoms with Gasteiger partial charge in [0.25, 0.3) is 17.7 Å². The Morgan fingerprint density at radius 3 is 2.45 bits per heavy atom. The third kappa shape index (κ3) is 3.90. The average molecular weight is 434 g/mol. The van der Waals surface area contributed by atoms with E-state index in [9.17, 15) is 19.2 Å². The first-order valence-corrected chi connectivity index (χ1v) is 10.2. The van der Waals surface area contributed by atoms with Crippen molar-refractivity contribution in [1.82, 2.24) is 15.8 Å². The van der Waals surface area contributed by atoms with Crippen LogP contribution in [0.2, 0.25) is 0 Å². The Morgan fingerprint density at radius 2 is 1.74 bits per heavy atom. The van der Waals surface area contributed by atoms with E-state index in [2.05, 4.69) is 16.1 Å². The van der Waals surface area contributed by atoms with Crippen molar-refractivity contribution in [3.8, 4) is 0 Å². The van der Waals surface area contributed by atoms with E-state index < -0.39 is 23.4 Å². The Balaban J connectivity index is 1.49. The lowest BCUT2D eigenvalue weighted by Gasteiger charge is -2.22. The predicted octanol–water partition coefficient (Wildman–Crippen LogP) is 3.11. The normalized spacial score (nSPS) is 17.9. The molecule has 0 spiro atoms. The first kappa shape index (κ1) is 20.3. The number of carbonyl (C=O) groups is 4. The minimum Gasteiger partial charge on any atom is -0.321 e. The van der Waals surface area contributed by atoms with Crippen molar-refractivity contribution in [2.45, 2.75) is 12.5 Å². The largest absolute Gasteiger partial charge is 0.344 e. The maximum Gasteiger partial charge on any atom is 0.344 e. The third-order valence-electron chi connectivity index (χ3n) is 4.88. The molecule has 1 saturated heterocycles. The SMILES string of the molecule is CC1(c2ccccc2)NC(=O)N(NC(=O)c2cccc(NC(=O)c3cccs3)c2)C1=O. The van der Waals surface area contributed by atoms with E-state index in [0.717, 1.165) is 0 Å². The zero-order chi connectivity index (χ0) is 22.0. The Kier molecular flexibility index (Phi) is 5.26. The molecular weight excluding hydrogens is 416 g/mol. The van der Waals surface area contributed by atoms with Gasteiger partial charge in [-0.25, -0.2) is 4.79 Å². The van der Waals surface area contributed by atoms with Gasteiger partial charge < -0.3 is 10.6 Å². The minimum atomic E-state index is -1.29. The van der Waals surface area contributed by atoms with E-state index in [0.29, 0.717) is 21.1 Å². The van der Waals surface area contributed by atoms with Crippen molar-refractivity contribution in [1.29, 1.82) is 0 Å². The van der Waals surface area contributed by atoms with Gasteiger partial charge in [0.2, 0.25) is 0 Å². The molecule has 2 heterocycles. The van der Waals surface area contributed by atoms with Crippen molar-refractivity contribution >= 4 is 40.8 Å². The minimum absolute atomic E-state index is 0.179. The van der Waals surface area contributed by atoms with Crippen LogP contribution in [0.1, 0.15) is 32.5 Å². The zero-order valence-electron chi connectivity index (χ0n) is 16.4. The lowest BCUT2D eigenvalue weighted by molar-refractivity contribution is -0.132. The number of amides is 5. The van der Waals surface area contributed by atoms with Gasteiger partial charge in [0.1, 0.15) is 5.54 Å². The molecule has 0 radical (unpaired) electrons. The fourth-order valence-corrected chi connectivity index (χ4v) is 3.83. The second kappa shape index (κ2) is 8.04. The first-order valence-electron chi connectivity index (χ1n) is 9.36. The number of anilines is 1. The number of carbonyl (C=O) groups excluding carboxylic acids is 4. The molecule has 1 fully saturated rings. The molecule has 0 aliphatic carbocycles. The summed E-state index contributed by atoms with van der Waals surface area (Å²) in [6.07, 6.45) is 0. The Morgan fingerprint density at radius 1 is 0.968 bits per heavy atom. The van der Waals surface area contributed by atoms with E-state index in [-0.39, 0.29) is 11.5 Å². The number of thiophene rings is 1. The van der Waals surface area contributed by atoms with Crippen LogP contribution in [-0.4, -0.2) is 28.8 Å². The van der Waals surface area contributed by atoms with Crippen LogP contribution in [0.15, 0.2) is 72.1 Å². The van der Waals surface area contributed by atoms with E-state index in [4.69, 9.17) is 0 Å². The quantitative estimate of drug-likeness (QED) is 0.536. The highest BCUT2D eigenvalue weighted by Gasteiger charge is 2.50. The molecule has 0 saturated carbocycles. The van der Waals surface area contributed by atoms with Gasteiger partial charge in [0.05, 0.1) is 4.88 Å². The van der Waals surface area contributed by atoms with Crippen LogP contribution in [0, 0.1) is 0 Å². The Hall–Kier alpha value is -3.98. The molecule has 1 aliphatic heterocycles. The fourth-order valence-electron chi connectivity index (χ4n) is 3.21. The molecule has 3 aromatic rings. The molecule has 4 rings (SSSR count). The van der Waals surface area contributed by atoms with Crippen molar-refractivity contribution in [3.63, 3.8) is 0 Å². The summed E-state index contributed by atoms with van der Waals surface area (Å²) in [6.45, 7) is 1.58. The Bertz CT molecular complexity index is 1160. The van der Waals surface area contributed by atoms with E-state index in [1.54, 1.807) is 66.9 Å². The fraction of sp³-hybridized carbons (Fsp3) is 0.0909. The number of urea groups is 1. The van der Waals surface area contributed by atoms with Gasteiger partial charge in [0.15, 0.2) is 0 Å².